The normalized spacial score (nSPS) is 12.0. The van der Waals surface area contributed by atoms with Gasteiger partial charge in [0, 0.05) is 6.61 Å². The van der Waals surface area contributed by atoms with Crippen molar-refractivity contribution < 1.29 is 5.11 Å². The SMILES string of the molecule is CCSCCCC(C)(C)CO. The highest BCUT2D eigenvalue weighted by atomic mass is 32.2. The molecular weight excluding hydrogens is 156 g/mol. The topological polar surface area (TPSA) is 20.2 Å². The van der Waals surface area contributed by atoms with E-state index in [4.69, 9.17) is 5.11 Å². The van der Waals surface area contributed by atoms with Gasteiger partial charge < -0.3 is 5.11 Å². The van der Waals surface area contributed by atoms with Crippen LogP contribution in [0.5, 0.6) is 0 Å². The molecule has 0 unspecified atom stereocenters. The summed E-state index contributed by atoms with van der Waals surface area (Å²) < 4.78 is 0. The lowest BCUT2D eigenvalue weighted by Gasteiger charge is -2.20. The van der Waals surface area contributed by atoms with Crippen molar-refractivity contribution in [3.63, 3.8) is 0 Å². The molecule has 0 aromatic heterocycles. The lowest BCUT2D eigenvalue weighted by atomic mass is 9.89. The zero-order valence-electron chi connectivity index (χ0n) is 7.89. The summed E-state index contributed by atoms with van der Waals surface area (Å²) in [7, 11) is 0. The monoisotopic (exact) mass is 176 g/mol. The molecule has 11 heavy (non-hydrogen) atoms. The van der Waals surface area contributed by atoms with Crippen LogP contribution in [0.2, 0.25) is 0 Å². The van der Waals surface area contributed by atoms with Crippen LogP contribution in [-0.4, -0.2) is 23.2 Å². The first-order valence-electron chi connectivity index (χ1n) is 4.31. The molecule has 0 saturated carbocycles. The fourth-order valence-corrected chi connectivity index (χ4v) is 1.51. The van der Waals surface area contributed by atoms with E-state index in [1.54, 1.807) is 0 Å². The van der Waals surface area contributed by atoms with E-state index < -0.39 is 0 Å². The van der Waals surface area contributed by atoms with Gasteiger partial charge in [0.15, 0.2) is 0 Å². The maximum Gasteiger partial charge on any atom is 0.0482 e. The molecule has 1 N–H and O–H groups in total. The molecule has 2 heteroatoms. The fourth-order valence-electron chi connectivity index (χ4n) is 0.876. The zero-order chi connectivity index (χ0) is 8.74. The van der Waals surface area contributed by atoms with E-state index in [2.05, 4.69) is 20.8 Å². The van der Waals surface area contributed by atoms with Gasteiger partial charge in [0.1, 0.15) is 0 Å². The third-order valence-corrected chi connectivity index (χ3v) is 2.76. The predicted octanol–water partition coefficient (Wildman–Crippen LogP) is 2.54. The maximum atomic E-state index is 8.94. The summed E-state index contributed by atoms with van der Waals surface area (Å²) in [5.41, 5.74) is 0.133. The molecule has 0 fully saturated rings. The highest BCUT2D eigenvalue weighted by molar-refractivity contribution is 7.99. The first kappa shape index (κ1) is 11.3. The Kier molecular flexibility index (Phi) is 6.06. The highest BCUT2D eigenvalue weighted by Gasteiger charge is 2.14. The molecule has 0 atom stereocenters. The van der Waals surface area contributed by atoms with E-state index in [0.29, 0.717) is 6.61 Å². The smallest absolute Gasteiger partial charge is 0.0482 e. The minimum atomic E-state index is 0.133. The second-order valence-electron chi connectivity index (χ2n) is 3.62. The number of aliphatic hydroxyl groups is 1. The van der Waals surface area contributed by atoms with Gasteiger partial charge in [-0.05, 0) is 29.8 Å². The van der Waals surface area contributed by atoms with Crippen LogP contribution >= 0.6 is 11.8 Å². The van der Waals surface area contributed by atoms with Gasteiger partial charge in [0.2, 0.25) is 0 Å². The van der Waals surface area contributed by atoms with E-state index in [-0.39, 0.29) is 5.41 Å². The van der Waals surface area contributed by atoms with Crippen LogP contribution in [0.25, 0.3) is 0 Å². The molecule has 0 saturated heterocycles. The summed E-state index contributed by atoms with van der Waals surface area (Å²) in [5.74, 6) is 2.44. The minimum absolute atomic E-state index is 0.133. The first-order valence-corrected chi connectivity index (χ1v) is 5.46. The van der Waals surface area contributed by atoms with Crippen LogP contribution in [0.15, 0.2) is 0 Å². The molecule has 0 amide bonds. The lowest BCUT2D eigenvalue weighted by Crippen LogP contribution is -2.16. The van der Waals surface area contributed by atoms with Gasteiger partial charge in [-0.25, -0.2) is 0 Å². The summed E-state index contributed by atoms with van der Waals surface area (Å²) in [4.78, 5) is 0. The summed E-state index contributed by atoms with van der Waals surface area (Å²) in [6, 6.07) is 0. The van der Waals surface area contributed by atoms with Crippen molar-refractivity contribution in [3.8, 4) is 0 Å². The van der Waals surface area contributed by atoms with E-state index in [0.717, 1.165) is 6.42 Å². The van der Waals surface area contributed by atoms with Gasteiger partial charge in [-0.15, -0.1) is 0 Å². The van der Waals surface area contributed by atoms with Crippen LogP contribution in [-0.2, 0) is 0 Å². The Morgan fingerprint density at radius 3 is 2.45 bits per heavy atom. The van der Waals surface area contributed by atoms with Gasteiger partial charge >= 0.3 is 0 Å². The summed E-state index contributed by atoms with van der Waals surface area (Å²) in [6.07, 6.45) is 2.36. The third kappa shape index (κ3) is 6.70. The van der Waals surface area contributed by atoms with Crippen molar-refractivity contribution in [2.75, 3.05) is 18.1 Å². The van der Waals surface area contributed by atoms with E-state index >= 15 is 0 Å². The largest absolute Gasteiger partial charge is 0.396 e. The molecule has 0 aromatic carbocycles. The molecule has 0 aromatic rings. The van der Waals surface area contributed by atoms with Crippen molar-refractivity contribution in [2.24, 2.45) is 5.41 Å². The molecule has 0 bridgehead atoms. The third-order valence-electron chi connectivity index (χ3n) is 1.77. The zero-order valence-corrected chi connectivity index (χ0v) is 8.71. The van der Waals surface area contributed by atoms with Crippen LogP contribution in [0.4, 0.5) is 0 Å². The molecule has 0 aliphatic heterocycles. The molecule has 0 rings (SSSR count). The molecule has 0 aliphatic carbocycles. The van der Waals surface area contributed by atoms with Gasteiger partial charge in [0.25, 0.3) is 0 Å². The molecular formula is C9H20OS. The predicted molar refractivity (Wildman–Crippen MR) is 53.1 cm³/mol. The standard InChI is InChI=1S/C9H20OS/c1-4-11-7-5-6-9(2,3)8-10/h10H,4-8H2,1-3H3. The van der Waals surface area contributed by atoms with Crippen molar-refractivity contribution in [2.45, 2.75) is 33.6 Å². The van der Waals surface area contributed by atoms with Crippen molar-refractivity contribution in [1.82, 2.24) is 0 Å². The Morgan fingerprint density at radius 1 is 1.36 bits per heavy atom. The number of hydrogen-bond acceptors (Lipinski definition) is 2. The van der Waals surface area contributed by atoms with E-state index in [1.807, 2.05) is 11.8 Å². The van der Waals surface area contributed by atoms with Crippen LogP contribution in [0.3, 0.4) is 0 Å². The van der Waals surface area contributed by atoms with Crippen LogP contribution < -0.4 is 0 Å². The van der Waals surface area contributed by atoms with Crippen LogP contribution in [0, 0.1) is 5.41 Å². The maximum absolute atomic E-state index is 8.94. The Balaban J connectivity index is 3.23. The molecule has 0 radical (unpaired) electrons. The highest BCUT2D eigenvalue weighted by Crippen LogP contribution is 2.22. The number of hydrogen-bond donors (Lipinski definition) is 1. The Labute approximate surface area is 74.6 Å². The lowest BCUT2D eigenvalue weighted by molar-refractivity contribution is 0.150. The van der Waals surface area contributed by atoms with Crippen molar-refractivity contribution in [1.29, 1.82) is 0 Å². The van der Waals surface area contributed by atoms with Gasteiger partial charge in [-0.3, -0.25) is 0 Å². The molecule has 0 aliphatic rings. The van der Waals surface area contributed by atoms with E-state index in [1.165, 1.54) is 17.9 Å². The Morgan fingerprint density at radius 2 is 2.00 bits per heavy atom. The second kappa shape index (κ2) is 5.90. The van der Waals surface area contributed by atoms with Crippen LogP contribution in [0.1, 0.15) is 33.6 Å². The number of thioether (sulfide) groups is 1. The molecule has 68 valence electrons. The summed E-state index contributed by atoms with van der Waals surface area (Å²) in [5, 5.41) is 8.94. The minimum Gasteiger partial charge on any atom is -0.396 e. The fraction of sp³-hybridized carbons (Fsp3) is 1.00. The van der Waals surface area contributed by atoms with E-state index in [9.17, 15) is 0 Å². The number of aliphatic hydroxyl groups excluding tert-OH is 1. The summed E-state index contributed by atoms with van der Waals surface area (Å²) >= 11 is 1.98. The Hall–Kier alpha value is 0.310. The van der Waals surface area contributed by atoms with Crippen molar-refractivity contribution >= 4 is 11.8 Å². The number of rotatable bonds is 6. The Bertz CT molecular complexity index is 91.6. The van der Waals surface area contributed by atoms with Crippen molar-refractivity contribution in [3.05, 3.63) is 0 Å². The quantitative estimate of drug-likeness (QED) is 0.628. The second-order valence-corrected chi connectivity index (χ2v) is 5.02. The average Bonchev–Trinajstić information content (AvgIpc) is 1.99. The first-order chi connectivity index (χ1) is 5.12. The molecule has 0 spiro atoms. The molecule has 0 heterocycles. The summed E-state index contributed by atoms with van der Waals surface area (Å²) in [6.45, 7) is 6.72. The van der Waals surface area contributed by atoms with Gasteiger partial charge in [-0.1, -0.05) is 20.8 Å². The van der Waals surface area contributed by atoms with Gasteiger partial charge in [0.05, 0.1) is 0 Å². The average molecular weight is 176 g/mol. The van der Waals surface area contributed by atoms with Gasteiger partial charge in [-0.2, -0.15) is 11.8 Å². The molecule has 1 nitrogen and oxygen atoms in total.